The number of likely N-dealkylation sites (tertiary alicyclic amines) is 1. The summed E-state index contributed by atoms with van der Waals surface area (Å²) in [6.45, 7) is 2.97. The highest BCUT2D eigenvalue weighted by atomic mass is 35.5. The zero-order chi connectivity index (χ0) is 25.7. The zero-order valence-corrected chi connectivity index (χ0v) is 25.3. The fourth-order valence-corrected chi connectivity index (χ4v) is 5.71. The molecule has 0 saturated carbocycles. The van der Waals surface area contributed by atoms with E-state index in [-0.39, 0.29) is 36.3 Å². The summed E-state index contributed by atoms with van der Waals surface area (Å²) in [6, 6.07) is 19.8. The summed E-state index contributed by atoms with van der Waals surface area (Å²) in [5.74, 6) is -0.492. The second-order valence-electron chi connectivity index (χ2n) is 9.24. The normalized spacial score (nSPS) is 14.7. The molecule has 1 heterocycles. The summed E-state index contributed by atoms with van der Waals surface area (Å²) < 4.78 is 0. The van der Waals surface area contributed by atoms with Gasteiger partial charge in [-0.1, -0.05) is 70.7 Å². The number of primary amides is 1. The smallest absolute Gasteiger partial charge is 0.250 e. The summed E-state index contributed by atoms with van der Waals surface area (Å²) >= 11 is 25.6. The number of halogens is 6. The number of benzene rings is 3. The van der Waals surface area contributed by atoms with Crippen molar-refractivity contribution < 1.29 is 4.79 Å². The first-order valence-corrected chi connectivity index (χ1v) is 13.6. The summed E-state index contributed by atoms with van der Waals surface area (Å²) in [5.41, 5.74) is 8.74. The van der Waals surface area contributed by atoms with Crippen LogP contribution in [0.15, 0.2) is 60.7 Å². The number of rotatable bonds is 9. The van der Waals surface area contributed by atoms with Crippen molar-refractivity contribution in [2.45, 2.75) is 37.6 Å². The van der Waals surface area contributed by atoms with Gasteiger partial charge in [0.05, 0.1) is 20.6 Å². The molecule has 4 rings (SSSR count). The van der Waals surface area contributed by atoms with Gasteiger partial charge in [-0.2, -0.15) is 0 Å². The van der Waals surface area contributed by atoms with Crippen molar-refractivity contribution in [3.63, 3.8) is 0 Å². The molecule has 3 aromatic rings. The topological polar surface area (TPSA) is 58.4 Å². The second-order valence-corrected chi connectivity index (χ2v) is 10.8. The first-order chi connectivity index (χ1) is 17.3. The molecule has 3 aromatic carbocycles. The Morgan fingerprint density at radius 1 is 0.921 bits per heavy atom. The second kappa shape index (κ2) is 15.4. The van der Waals surface area contributed by atoms with E-state index in [2.05, 4.69) is 34.5 Å². The molecule has 1 atom stereocenters. The van der Waals surface area contributed by atoms with Crippen molar-refractivity contribution in [2.24, 2.45) is 5.73 Å². The van der Waals surface area contributed by atoms with Crippen LogP contribution in [0.1, 0.15) is 46.7 Å². The fourth-order valence-electron chi connectivity index (χ4n) is 4.78. The number of nitrogens with zero attached hydrogens (tertiary/aromatic N) is 1. The molecular formula is C28H31Cl6N3O. The van der Waals surface area contributed by atoms with Gasteiger partial charge in [-0.15, -0.1) is 24.8 Å². The summed E-state index contributed by atoms with van der Waals surface area (Å²) in [5, 5.41) is 5.49. The largest absolute Gasteiger partial charge is 0.382 e. The Morgan fingerprint density at radius 2 is 1.58 bits per heavy atom. The third kappa shape index (κ3) is 8.56. The molecule has 1 amide bonds. The fraction of sp³-hybridized carbons (Fsp3) is 0.321. The number of para-hydroxylation sites is 1. The van der Waals surface area contributed by atoms with Crippen LogP contribution in [0.25, 0.3) is 0 Å². The van der Waals surface area contributed by atoms with Crippen molar-refractivity contribution in [1.82, 2.24) is 4.90 Å². The highest BCUT2D eigenvalue weighted by Crippen LogP contribution is 2.36. The van der Waals surface area contributed by atoms with Crippen molar-refractivity contribution in [1.29, 1.82) is 0 Å². The monoisotopic (exact) mass is 635 g/mol. The lowest BCUT2D eigenvalue weighted by Gasteiger charge is -2.34. The van der Waals surface area contributed by atoms with Crippen LogP contribution in [0.2, 0.25) is 20.1 Å². The third-order valence-electron chi connectivity index (χ3n) is 6.84. The Bertz CT molecular complexity index is 1200. The molecule has 206 valence electrons. The van der Waals surface area contributed by atoms with E-state index < -0.39 is 5.91 Å². The first-order valence-electron chi connectivity index (χ1n) is 12.1. The molecule has 1 fully saturated rings. The van der Waals surface area contributed by atoms with Crippen molar-refractivity contribution in [3.8, 4) is 0 Å². The lowest BCUT2D eigenvalue weighted by Crippen LogP contribution is -2.39. The Morgan fingerprint density at radius 3 is 2.21 bits per heavy atom. The number of hydrogen-bond donors (Lipinski definition) is 2. The summed E-state index contributed by atoms with van der Waals surface area (Å²) in [4.78, 5) is 14.3. The number of nitrogens with one attached hydrogen (secondary N) is 1. The van der Waals surface area contributed by atoms with E-state index in [1.54, 1.807) is 12.1 Å². The minimum atomic E-state index is -0.573. The number of amides is 1. The molecule has 10 heteroatoms. The van der Waals surface area contributed by atoms with Crippen LogP contribution in [0.4, 0.5) is 5.69 Å². The van der Waals surface area contributed by atoms with Crippen molar-refractivity contribution in [2.75, 3.05) is 25.0 Å². The number of nitrogens with two attached hydrogens (primary N) is 1. The maximum Gasteiger partial charge on any atom is 0.250 e. The number of carbonyl (C=O) groups is 1. The number of piperidine rings is 1. The number of carbonyl (C=O) groups excluding carboxylic acids is 1. The van der Waals surface area contributed by atoms with E-state index in [1.165, 1.54) is 5.69 Å². The molecule has 0 radical (unpaired) electrons. The maximum atomic E-state index is 11.8. The molecule has 0 aliphatic carbocycles. The van der Waals surface area contributed by atoms with Crippen LogP contribution in [0.3, 0.4) is 0 Å². The lowest BCUT2D eigenvalue weighted by atomic mass is 9.88. The molecule has 1 aliphatic heterocycles. The SMILES string of the molecule is Cl.Cl.NC(=O)c1ccc(Cl)c(CC(CCN2CCC(Nc3ccccc3)CC2)c2ccc(Cl)c(Cl)c2)c1Cl. The molecular weight excluding hydrogens is 607 g/mol. The average Bonchev–Trinajstić information content (AvgIpc) is 2.86. The van der Waals surface area contributed by atoms with E-state index in [0.29, 0.717) is 32.6 Å². The molecule has 1 aliphatic rings. The van der Waals surface area contributed by atoms with Gasteiger partial charge < -0.3 is 16.0 Å². The Balaban J connectivity index is 0.00000253. The predicted molar refractivity (Wildman–Crippen MR) is 167 cm³/mol. The van der Waals surface area contributed by atoms with Crippen molar-refractivity contribution >= 4 is 82.8 Å². The van der Waals surface area contributed by atoms with E-state index >= 15 is 0 Å². The van der Waals surface area contributed by atoms with Crippen LogP contribution >= 0.6 is 71.2 Å². The van der Waals surface area contributed by atoms with Gasteiger partial charge in [-0.25, -0.2) is 0 Å². The van der Waals surface area contributed by atoms with Crippen LogP contribution < -0.4 is 11.1 Å². The van der Waals surface area contributed by atoms with Crippen LogP contribution in [0, 0.1) is 0 Å². The molecule has 1 unspecified atom stereocenters. The first kappa shape index (κ1) is 32.8. The minimum Gasteiger partial charge on any atom is -0.382 e. The van der Waals surface area contributed by atoms with Gasteiger partial charge in [0.25, 0.3) is 0 Å². The average molecular weight is 638 g/mol. The van der Waals surface area contributed by atoms with Crippen LogP contribution in [-0.4, -0.2) is 36.5 Å². The molecule has 0 aromatic heterocycles. The molecule has 3 N–H and O–H groups in total. The van der Waals surface area contributed by atoms with Gasteiger partial charge in [-0.05, 0) is 85.7 Å². The van der Waals surface area contributed by atoms with Gasteiger partial charge in [0.2, 0.25) is 5.91 Å². The van der Waals surface area contributed by atoms with Gasteiger partial charge >= 0.3 is 0 Å². The van der Waals surface area contributed by atoms with Crippen molar-refractivity contribution in [3.05, 3.63) is 97.4 Å². The molecule has 0 spiro atoms. The highest BCUT2D eigenvalue weighted by Gasteiger charge is 2.23. The Kier molecular flexibility index (Phi) is 13.3. The number of anilines is 1. The molecule has 0 bridgehead atoms. The molecule has 1 saturated heterocycles. The van der Waals surface area contributed by atoms with E-state index in [0.717, 1.165) is 50.0 Å². The molecule has 38 heavy (non-hydrogen) atoms. The Labute approximate surface area is 257 Å². The maximum absolute atomic E-state index is 11.8. The van der Waals surface area contributed by atoms with Crippen LogP contribution in [-0.2, 0) is 6.42 Å². The summed E-state index contributed by atoms with van der Waals surface area (Å²) in [6.07, 6.45) is 3.61. The van der Waals surface area contributed by atoms with Gasteiger partial charge in [0.15, 0.2) is 0 Å². The van der Waals surface area contributed by atoms with E-state index in [4.69, 9.17) is 52.1 Å². The van der Waals surface area contributed by atoms with E-state index in [9.17, 15) is 4.79 Å². The summed E-state index contributed by atoms with van der Waals surface area (Å²) in [7, 11) is 0. The van der Waals surface area contributed by atoms with Gasteiger partial charge in [-0.3, -0.25) is 4.79 Å². The van der Waals surface area contributed by atoms with E-state index in [1.807, 2.05) is 24.3 Å². The molecule has 4 nitrogen and oxygen atoms in total. The third-order valence-corrected chi connectivity index (χ3v) is 8.37. The van der Waals surface area contributed by atoms with Gasteiger partial charge in [0, 0.05) is 29.8 Å². The zero-order valence-electron chi connectivity index (χ0n) is 20.6. The highest BCUT2D eigenvalue weighted by molar-refractivity contribution is 6.42. The standard InChI is InChI=1S/C28H29Cl4N3O.2ClH/c29-24-9-7-22(28(33)36)27(32)23(24)16-19(18-6-8-25(30)26(31)17-18)10-13-35-14-11-21(12-15-35)34-20-4-2-1-3-5-20;;/h1-9,17,19,21,34H,10-16H2,(H2,33,36);2*1H. The predicted octanol–water partition coefficient (Wildman–Crippen LogP) is 8.54. The number of hydrogen-bond acceptors (Lipinski definition) is 3. The van der Waals surface area contributed by atoms with Gasteiger partial charge in [0.1, 0.15) is 0 Å². The minimum absolute atomic E-state index is 0. The quantitative estimate of drug-likeness (QED) is 0.247. The lowest BCUT2D eigenvalue weighted by molar-refractivity contribution is 0.100. The van der Waals surface area contributed by atoms with Crippen LogP contribution in [0.5, 0.6) is 0 Å². The Hall–Kier alpha value is -1.37.